The number of methoxy groups -OCH3 is 1. The number of rotatable bonds is 7. The number of hydrogen-bond donors (Lipinski definition) is 1. The van der Waals surface area contributed by atoms with E-state index in [1.54, 1.807) is 24.3 Å². The lowest BCUT2D eigenvalue weighted by Crippen LogP contribution is -2.35. The predicted molar refractivity (Wildman–Crippen MR) is 110 cm³/mol. The number of amides is 1. The third kappa shape index (κ3) is 4.05. The summed E-state index contributed by atoms with van der Waals surface area (Å²) in [5.74, 6) is 0.582. The van der Waals surface area contributed by atoms with Gasteiger partial charge in [-0.1, -0.05) is 30.3 Å². The largest absolute Gasteiger partial charge is 0.467 e. The van der Waals surface area contributed by atoms with Gasteiger partial charge in [0.1, 0.15) is 12.3 Å². The Kier molecular flexibility index (Phi) is 5.39. The van der Waals surface area contributed by atoms with Crippen molar-refractivity contribution in [2.45, 2.75) is 19.5 Å². The van der Waals surface area contributed by atoms with E-state index in [9.17, 15) is 4.79 Å². The zero-order chi connectivity index (χ0) is 20.2. The van der Waals surface area contributed by atoms with E-state index in [0.29, 0.717) is 35.4 Å². The number of carbonyl (C=O) groups excluding carboxylic acids is 1. The molecule has 1 N–H and O–H groups in total. The summed E-state index contributed by atoms with van der Waals surface area (Å²) in [6.45, 7) is 2.77. The first kappa shape index (κ1) is 18.9. The van der Waals surface area contributed by atoms with Gasteiger partial charge in [-0.05, 0) is 25.1 Å². The van der Waals surface area contributed by atoms with E-state index in [-0.39, 0.29) is 11.9 Å². The summed E-state index contributed by atoms with van der Waals surface area (Å²) in [5, 5.41) is 8.12. The molecule has 148 valence electrons. The van der Waals surface area contributed by atoms with Crippen molar-refractivity contribution < 1.29 is 13.9 Å². The molecule has 1 aromatic carbocycles. The maximum absolute atomic E-state index is 13.0. The number of furan rings is 1. The SMILES string of the molecule is COCC(C)NC(=O)c1cc(-c2ccccc2)nc2c1cnn2Cc1ccco1. The van der Waals surface area contributed by atoms with Crippen LogP contribution in [0.4, 0.5) is 0 Å². The number of benzene rings is 1. The fourth-order valence-corrected chi connectivity index (χ4v) is 3.25. The summed E-state index contributed by atoms with van der Waals surface area (Å²) < 4.78 is 12.3. The summed E-state index contributed by atoms with van der Waals surface area (Å²) in [6, 6.07) is 15.2. The zero-order valence-electron chi connectivity index (χ0n) is 16.3. The standard InChI is InChI=1S/C22H22N4O3/c1-15(14-28-2)24-22(27)18-11-20(16-7-4-3-5-8-16)25-21-19(18)12-23-26(21)13-17-9-6-10-29-17/h3-12,15H,13-14H2,1-2H3,(H,24,27). The second kappa shape index (κ2) is 8.28. The number of nitrogens with one attached hydrogen (secondary N) is 1. The molecule has 1 amide bonds. The molecule has 3 heterocycles. The quantitative estimate of drug-likeness (QED) is 0.522. The van der Waals surface area contributed by atoms with Crippen LogP contribution in [-0.2, 0) is 11.3 Å². The molecule has 4 aromatic rings. The van der Waals surface area contributed by atoms with E-state index in [1.807, 2.05) is 55.5 Å². The van der Waals surface area contributed by atoms with Crippen molar-refractivity contribution >= 4 is 16.9 Å². The Morgan fingerprint density at radius 3 is 2.79 bits per heavy atom. The first-order valence-electron chi connectivity index (χ1n) is 9.40. The van der Waals surface area contributed by atoms with Crippen LogP contribution in [0.3, 0.4) is 0 Å². The lowest BCUT2D eigenvalue weighted by molar-refractivity contribution is 0.0907. The highest BCUT2D eigenvalue weighted by molar-refractivity contribution is 6.06. The van der Waals surface area contributed by atoms with Crippen LogP contribution in [0.5, 0.6) is 0 Å². The fraction of sp³-hybridized carbons (Fsp3) is 0.227. The van der Waals surface area contributed by atoms with Gasteiger partial charge in [0.05, 0.1) is 35.7 Å². The monoisotopic (exact) mass is 390 g/mol. The Bertz CT molecular complexity index is 1100. The molecular formula is C22H22N4O3. The minimum Gasteiger partial charge on any atom is -0.467 e. The lowest BCUT2D eigenvalue weighted by Gasteiger charge is -2.14. The number of ether oxygens (including phenoxy) is 1. The molecule has 0 saturated heterocycles. The first-order valence-corrected chi connectivity index (χ1v) is 9.40. The average Bonchev–Trinajstić information content (AvgIpc) is 3.38. The number of nitrogens with zero attached hydrogens (tertiary/aromatic N) is 3. The van der Waals surface area contributed by atoms with Crippen LogP contribution < -0.4 is 5.32 Å². The molecule has 29 heavy (non-hydrogen) atoms. The Labute approximate surface area is 168 Å². The summed E-state index contributed by atoms with van der Waals surface area (Å²) in [4.78, 5) is 17.8. The van der Waals surface area contributed by atoms with Crippen LogP contribution in [-0.4, -0.2) is 40.4 Å². The molecule has 0 bridgehead atoms. The zero-order valence-corrected chi connectivity index (χ0v) is 16.3. The van der Waals surface area contributed by atoms with Crippen molar-refractivity contribution in [3.63, 3.8) is 0 Å². The van der Waals surface area contributed by atoms with Crippen LogP contribution in [0.25, 0.3) is 22.3 Å². The van der Waals surface area contributed by atoms with Crippen molar-refractivity contribution in [1.29, 1.82) is 0 Å². The Morgan fingerprint density at radius 2 is 2.07 bits per heavy atom. The smallest absolute Gasteiger partial charge is 0.252 e. The second-order valence-electron chi connectivity index (χ2n) is 6.87. The van der Waals surface area contributed by atoms with Gasteiger partial charge in [0.15, 0.2) is 5.65 Å². The van der Waals surface area contributed by atoms with E-state index in [2.05, 4.69) is 10.4 Å². The van der Waals surface area contributed by atoms with Gasteiger partial charge >= 0.3 is 0 Å². The van der Waals surface area contributed by atoms with Crippen LogP contribution in [0, 0.1) is 0 Å². The molecule has 1 atom stereocenters. The van der Waals surface area contributed by atoms with Crippen molar-refractivity contribution in [1.82, 2.24) is 20.1 Å². The Hall–Kier alpha value is -3.45. The van der Waals surface area contributed by atoms with Gasteiger partial charge < -0.3 is 14.5 Å². The van der Waals surface area contributed by atoms with Gasteiger partial charge in [0.25, 0.3) is 5.91 Å². The van der Waals surface area contributed by atoms with Crippen LogP contribution in [0.2, 0.25) is 0 Å². The second-order valence-corrected chi connectivity index (χ2v) is 6.87. The van der Waals surface area contributed by atoms with E-state index >= 15 is 0 Å². The molecule has 0 saturated carbocycles. The molecule has 0 radical (unpaired) electrons. The normalized spacial score (nSPS) is 12.2. The molecule has 0 spiro atoms. The van der Waals surface area contributed by atoms with Crippen molar-refractivity contribution in [3.8, 4) is 11.3 Å². The predicted octanol–water partition coefficient (Wildman–Crippen LogP) is 3.50. The van der Waals surface area contributed by atoms with E-state index in [0.717, 1.165) is 11.3 Å². The van der Waals surface area contributed by atoms with E-state index in [1.165, 1.54) is 0 Å². The van der Waals surface area contributed by atoms with Gasteiger partial charge in [0, 0.05) is 18.7 Å². The molecule has 4 rings (SSSR count). The highest BCUT2D eigenvalue weighted by Gasteiger charge is 2.19. The molecule has 0 aliphatic carbocycles. The Balaban J connectivity index is 1.80. The third-order valence-electron chi connectivity index (χ3n) is 4.60. The van der Waals surface area contributed by atoms with E-state index < -0.39 is 0 Å². The van der Waals surface area contributed by atoms with Gasteiger partial charge in [-0.2, -0.15) is 5.10 Å². The van der Waals surface area contributed by atoms with Gasteiger partial charge in [-0.3, -0.25) is 4.79 Å². The average molecular weight is 390 g/mol. The molecule has 0 aliphatic rings. The lowest BCUT2D eigenvalue weighted by atomic mass is 10.1. The topological polar surface area (TPSA) is 82.2 Å². The minimum absolute atomic E-state index is 0.117. The van der Waals surface area contributed by atoms with Crippen molar-refractivity contribution in [3.05, 3.63) is 72.3 Å². The van der Waals surface area contributed by atoms with Gasteiger partial charge in [-0.25, -0.2) is 9.67 Å². The molecule has 7 nitrogen and oxygen atoms in total. The van der Waals surface area contributed by atoms with Crippen LogP contribution in [0.1, 0.15) is 23.0 Å². The van der Waals surface area contributed by atoms with Gasteiger partial charge in [0.2, 0.25) is 0 Å². The van der Waals surface area contributed by atoms with E-state index in [4.69, 9.17) is 14.1 Å². The molecule has 3 aromatic heterocycles. The maximum atomic E-state index is 13.0. The van der Waals surface area contributed by atoms with Crippen molar-refractivity contribution in [2.24, 2.45) is 0 Å². The van der Waals surface area contributed by atoms with Gasteiger partial charge in [-0.15, -0.1) is 0 Å². The summed E-state index contributed by atoms with van der Waals surface area (Å²) >= 11 is 0. The highest BCUT2D eigenvalue weighted by Crippen LogP contribution is 2.25. The number of pyridine rings is 1. The molecule has 7 heteroatoms. The van der Waals surface area contributed by atoms with Crippen LogP contribution in [0.15, 0.2) is 65.4 Å². The number of hydrogen-bond acceptors (Lipinski definition) is 5. The molecule has 1 unspecified atom stereocenters. The minimum atomic E-state index is -0.184. The number of aromatic nitrogens is 3. The fourth-order valence-electron chi connectivity index (χ4n) is 3.25. The Morgan fingerprint density at radius 1 is 1.24 bits per heavy atom. The first-order chi connectivity index (χ1) is 14.2. The number of carbonyl (C=O) groups is 1. The third-order valence-corrected chi connectivity index (χ3v) is 4.60. The summed E-state index contributed by atoms with van der Waals surface area (Å²) in [7, 11) is 1.61. The molecule has 0 fully saturated rings. The summed E-state index contributed by atoms with van der Waals surface area (Å²) in [6.07, 6.45) is 3.30. The molecular weight excluding hydrogens is 368 g/mol. The maximum Gasteiger partial charge on any atom is 0.252 e. The van der Waals surface area contributed by atoms with Crippen LogP contribution >= 0.6 is 0 Å². The van der Waals surface area contributed by atoms with Crippen molar-refractivity contribution in [2.75, 3.05) is 13.7 Å². The highest BCUT2D eigenvalue weighted by atomic mass is 16.5. The summed E-state index contributed by atoms with van der Waals surface area (Å²) in [5.41, 5.74) is 2.80. The molecule has 0 aliphatic heterocycles. The number of fused-ring (bicyclic) bond motifs is 1.